The minimum absolute atomic E-state index is 0.880. The van der Waals surface area contributed by atoms with Crippen molar-refractivity contribution in [2.75, 3.05) is 0 Å². The summed E-state index contributed by atoms with van der Waals surface area (Å²) < 4.78 is 0. The normalized spacial score (nSPS) is 13.0. The van der Waals surface area contributed by atoms with Crippen molar-refractivity contribution in [2.24, 2.45) is 5.92 Å². The van der Waals surface area contributed by atoms with E-state index in [0.29, 0.717) is 0 Å². The fourth-order valence-electron chi connectivity index (χ4n) is 0.943. The Hall–Kier alpha value is -0.330. The van der Waals surface area contributed by atoms with E-state index in [2.05, 4.69) is 13.8 Å². The fraction of sp³-hybridized carbons (Fsp3) is 0.889. The molecule has 0 spiro atoms. The standard InChI is InChI=1S/C9H19N/c1-3-9(2)7-5-4-6-8-10/h8-10H,3-7H2,1-2H3. The van der Waals surface area contributed by atoms with Gasteiger partial charge < -0.3 is 5.41 Å². The highest BCUT2D eigenvalue weighted by Gasteiger charge is 1.96. The Morgan fingerprint density at radius 2 is 2.10 bits per heavy atom. The molecular formula is C9H19N. The maximum atomic E-state index is 6.81. The van der Waals surface area contributed by atoms with Gasteiger partial charge in [0.25, 0.3) is 0 Å². The molecule has 60 valence electrons. The molecule has 0 aromatic heterocycles. The van der Waals surface area contributed by atoms with E-state index in [1.165, 1.54) is 31.9 Å². The first kappa shape index (κ1) is 9.67. The molecule has 0 heterocycles. The van der Waals surface area contributed by atoms with Gasteiger partial charge in [-0.1, -0.05) is 33.1 Å². The lowest BCUT2D eigenvalue weighted by Gasteiger charge is -2.05. The van der Waals surface area contributed by atoms with Gasteiger partial charge in [0.1, 0.15) is 0 Å². The SMILES string of the molecule is CCC(C)CCCCC=N. The van der Waals surface area contributed by atoms with Crippen LogP contribution in [-0.4, -0.2) is 6.21 Å². The predicted molar refractivity (Wildman–Crippen MR) is 46.7 cm³/mol. The zero-order chi connectivity index (χ0) is 7.82. The average molecular weight is 141 g/mol. The second-order valence-electron chi connectivity index (χ2n) is 3.00. The molecule has 1 unspecified atom stereocenters. The molecule has 0 aliphatic carbocycles. The molecular weight excluding hydrogens is 122 g/mol. The van der Waals surface area contributed by atoms with Crippen LogP contribution in [0.3, 0.4) is 0 Å². The summed E-state index contributed by atoms with van der Waals surface area (Å²) in [6.45, 7) is 4.53. The molecule has 1 heteroatoms. The predicted octanol–water partition coefficient (Wildman–Crippen LogP) is 3.24. The largest absolute Gasteiger partial charge is 0.313 e. The van der Waals surface area contributed by atoms with Crippen molar-refractivity contribution >= 4 is 6.21 Å². The lowest BCUT2D eigenvalue weighted by atomic mass is 10.0. The minimum atomic E-state index is 0.880. The van der Waals surface area contributed by atoms with E-state index < -0.39 is 0 Å². The van der Waals surface area contributed by atoms with Crippen LogP contribution in [0.1, 0.15) is 46.0 Å². The van der Waals surface area contributed by atoms with Crippen LogP contribution in [0.4, 0.5) is 0 Å². The average Bonchev–Trinajstić information content (AvgIpc) is 1.98. The van der Waals surface area contributed by atoms with Crippen molar-refractivity contribution in [3.8, 4) is 0 Å². The maximum Gasteiger partial charge on any atom is -0.00477 e. The molecule has 0 radical (unpaired) electrons. The molecule has 0 rings (SSSR count). The second kappa shape index (κ2) is 6.79. The molecule has 0 saturated heterocycles. The van der Waals surface area contributed by atoms with Gasteiger partial charge >= 0.3 is 0 Å². The van der Waals surface area contributed by atoms with Crippen LogP contribution in [0.2, 0.25) is 0 Å². The summed E-state index contributed by atoms with van der Waals surface area (Å²) in [5.74, 6) is 0.880. The molecule has 0 fully saturated rings. The molecule has 10 heavy (non-hydrogen) atoms. The summed E-state index contributed by atoms with van der Waals surface area (Å²) in [6.07, 6.45) is 7.61. The minimum Gasteiger partial charge on any atom is -0.313 e. The van der Waals surface area contributed by atoms with Crippen molar-refractivity contribution in [3.05, 3.63) is 0 Å². The molecule has 1 nitrogen and oxygen atoms in total. The van der Waals surface area contributed by atoms with Gasteiger partial charge in [0.2, 0.25) is 0 Å². The highest BCUT2D eigenvalue weighted by molar-refractivity contribution is 5.52. The molecule has 0 aromatic carbocycles. The van der Waals surface area contributed by atoms with E-state index in [4.69, 9.17) is 5.41 Å². The van der Waals surface area contributed by atoms with Gasteiger partial charge in [0, 0.05) is 0 Å². The first-order chi connectivity index (χ1) is 4.81. The molecule has 0 aliphatic heterocycles. The van der Waals surface area contributed by atoms with Crippen molar-refractivity contribution in [1.82, 2.24) is 0 Å². The van der Waals surface area contributed by atoms with Crippen LogP contribution in [0, 0.1) is 11.3 Å². The lowest BCUT2D eigenvalue weighted by Crippen LogP contribution is -1.91. The Labute approximate surface area is 64.3 Å². The highest BCUT2D eigenvalue weighted by atomic mass is 14.3. The van der Waals surface area contributed by atoms with Crippen LogP contribution < -0.4 is 0 Å². The van der Waals surface area contributed by atoms with Gasteiger partial charge in [0.15, 0.2) is 0 Å². The molecule has 0 aromatic rings. The Morgan fingerprint density at radius 1 is 1.40 bits per heavy atom. The highest BCUT2D eigenvalue weighted by Crippen LogP contribution is 2.11. The van der Waals surface area contributed by atoms with Crippen LogP contribution in [0.15, 0.2) is 0 Å². The third-order valence-corrected chi connectivity index (χ3v) is 1.99. The van der Waals surface area contributed by atoms with Crippen molar-refractivity contribution in [1.29, 1.82) is 5.41 Å². The summed E-state index contributed by atoms with van der Waals surface area (Å²) >= 11 is 0. The van der Waals surface area contributed by atoms with Crippen LogP contribution >= 0.6 is 0 Å². The number of rotatable bonds is 6. The van der Waals surface area contributed by atoms with Crippen molar-refractivity contribution < 1.29 is 0 Å². The van der Waals surface area contributed by atoms with E-state index in [-0.39, 0.29) is 0 Å². The zero-order valence-electron chi connectivity index (χ0n) is 7.19. The summed E-state index contributed by atoms with van der Waals surface area (Å²) in [7, 11) is 0. The number of unbranched alkanes of at least 4 members (excludes halogenated alkanes) is 2. The monoisotopic (exact) mass is 141 g/mol. The first-order valence-electron chi connectivity index (χ1n) is 4.30. The van der Waals surface area contributed by atoms with E-state index in [0.717, 1.165) is 12.3 Å². The van der Waals surface area contributed by atoms with Crippen molar-refractivity contribution in [3.63, 3.8) is 0 Å². The summed E-state index contributed by atoms with van der Waals surface area (Å²) in [5.41, 5.74) is 0. The summed E-state index contributed by atoms with van der Waals surface area (Å²) in [6, 6.07) is 0. The Kier molecular flexibility index (Phi) is 6.56. The first-order valence-corrected chi connectivity index (χ1v) is 4.30. The van der Waals surface area contributed by atoms with E-state index >= 15 is 0 Å². The Morgan fingerprint density at radius 3 is 2.60 bits per heavy atom. The molecule has 1 atom stereocenters. The van der Waals surface area contributed by atoms with E-state index in [9.17, 15) is 0 Å². The van der Waals surface area contributed by atoms with Crippen LogP contribution in [0.5, 0.6) is 0 Å². The molecule has 0 saturated carbocycles. The van der Waals surface area contributed by atoms with Gasteiger partial charge in [-0.2, -0.15) is 0 Å². The molecule has 0 bridgehead atoms. The quantitative estimate of drug-likeness (QED) is 0.433. The second-order valence-corrected chi connectivity index (χ2v) is 3.00. The third-order valence-electron chi connectivity index (χ3n) is 1.99. The van der Waals surface area contributed by atoms with Gasteiger partial charge in [-0.3, -0.25) is 0 Å². The van der Waals surface area contributed by atoms with Gasteiger partial charge in [-0.05, 0) is 25.0 Å². The Balaban J connectivity index is 2.95. The zero-order valence-corrected chi connectivity index (χ0v) is 7.19. The summed E-state index contributed by atoms with van der Waals surface area (Å²) in [4.78, 5) is 0. The summed E-state index contributed by atoms with van der Waals surface area (Å²) in [5, 5.41) is 6.81. The molecule has 0 amide bonds. The van der Waals surface area contributed by atoms with Gasteiger partial charge in [-0.25, -0.2) is 0 Å². The van der Waals surface area contributed by atoms with Crippen molar-refractivity contribution in [2.45, 2.75) is 46.0 Å². The maximum absolute atomic E-state index is 6.81. The molecule has 1 N–H and O–H groups in total. The van der Waals surface area contributed by atoms with Crippen LogP contribution in [-0.2, 0) is 0 Å². The fourth-order valence-corrected chi connectivity index (χ4v) is 0.943. The number of nitrogens with one attached hydrogen (secondary N) is 1. The number of hydrogen-bond acceptors (Lipinski definition) is 1. The molecule has 0 aliphatic rings. The third kappa shape index (κ3) is 5.80. The van der Waals surface area contributed by atoms with E-state index in [1.54, 1.807) is 0 Å². The van der Waals surface area contributed by atoms with Gasteiger partial charge in [0.05, 0.1) is 0 Å². The smallest absolute Gasteiger partial charge is 0.00477 e. The topological polar surface area (TPSA) is 23.9 Å². The lowest BCUT2D eigenvalue weighted by molar-refractivity contribution is 0.488. The number of hydrogen-bond donors (Lipinski definition) is 1. The van der Waals surface area contributed by atoms with Gasteiger partial charge in [-0.15, -0.1) is 0 Å². The van der Waals surface area contributed by atoms with Crippen LogP contribution in [0.25, 0.3) is 0 Å². The van der Waals surface area contributed by atoms with E-state index in [1.807, 2.05) is 0 Å². The Bertz CT molecular complexity index is 78.8.